The molecule has 2 nitrogen and oxygen atoms in total. The average Bonchev–Trinajstić information content (AvgIpc) is 3.50. The predicted molar refractivity (Wildman–Crippen MR) is 185 cm³/mol. The molecule has 43 heavy (non-hydrogen) atoms. The molecule has 2 heteroatoms. The lowest BCUT2D eigenvalue weighted by atomic mass is 9.92. The van der Waals surface area contributed by atoms with E-state index in [1.54, 1.807) is 0 Å². The Hall–Kier alpha value is -3.13. The lowest BCUT2D eigenvalue weighted by Crippen LogP contribution is -1.99. The van der Waals surface area contributed by atoms with Crippen LogP contribution in [0.3, 0.4) is 0 Å². The first-order chi connectivity index (χ1) is 21.3. The van der Waals surface area contributed by atoms with Crippen molar-refractivity contribution >= 4 is 0 Å². The fourth-order valence-corrected chi connectivity index (χ4v) is 6.26. The van der Waals surface area contributed by atoms with E-state index >= 15 is 0 Å². The highest BCUT2D eigenvalue weighted by molar-refractivity contribution is 5.79. The van der Waals surface area contributed by atoms with Gasteiger partial charge in [-0.25, -0.2) is 4.98 Å². The Morgan fingerprint density at radius 3 is 1.58 bits per heavy atom. The summed E-state index contributed by atoms with van der Waals surface area (Å²) in [6.45, 7) is 4.59. The molecule has 0 radical (unpaired) electrons. The van der Waals surface area contributed by atoms with Gasteiger partial charge in [-0.15, -0.1) is 0 Å². The molecule has 0 N–H and O–H groups in total. The molecule has 230 valence electrons. The van der Waals surface area contributed by atoms with Crippen molar-refractivity contribution in [2.75, 3.05) is 0 Å². The van der Waals surface area contributed by atoms with Crippen LogP contribution in [0.2, 0.25) is 0 Å². The van der Waals surface area contributed by atoms with Crippen LogP contribution in [0.1, 0.15) is 128 Å². The van der Waals surface area contributed by atoms with Crippen molar-refractivity contribution in [2.24, 2.45) is 0 Å². The molecular formula is C41H55NO. The fraction of sp³-hybridized carbons (Fsp3) is 0.488. The second-order valence-electron chi connectivity index (χ2n) is 12.3. The van der Waals surface area contributed by atoms with Gasteiger partial charge in [0.05, 0.1) is 0 Å². The molecule has 0 aliphatic rings. The maximum absolute atomic E-state index is 6.70. The van der Waals surface area contributed by atoms with E-state index in [2.05, 4.69) is 92.7 Å². The van der Waals surface area contributed by atoms with Crippen molar-refractivity contribution in [3.63, 3.8) is 0 Å². The quantitative estimate of drug-likeness (QED) is 0.0921. The summed E-state index contributed by atoms with van der Waals surface area (Å²) < 4.78 is 6.70. The second kappa shape index (κ2) is 19.2. The number of hydrogen-bond acceptors (Lipinski definition) is 2. The third kappa shape index (κ3) is 10.5. The minimum atomic E-state index is 0.754. The molecule has 4 aromatic rings. The molecular weight excluding hydrogens is 522 g/mol. The van der Waals surface area contributed by atoms with Crippen LogP contribution in [-0.4, -0.2) is 4.98 Å². The minimum Gasteiger partial charge on any atom is -0.435 e. The van der Waals surface area contributed by atoms with E-state index in [4.69, 9.17) is 9.40 Å². The summed E-state index contributed by atoms with van der Waals surface area (Å²) in [5, 5.41) is 0. The molecule has 0 atom stereocenters. The summed E-state index contributed by atoms with van der Waals surface area (Å²) in [6, 6.07) is 27.8. The number of aryl methyl sites for hydroxylation is 1. The highest BCUT2D eigenvalue weighted by Gasteiger charge is 2.20. The van der Waals surface area contributed by atoms with Gasteiger partial charge in [0.25, 0.3) is 0 Å². The number of benzene rings is 3. The van der Waals surface area contributed by atoms with Crippen molar-refractivity contribution in [3.8, 4) is 34.0 Å². The predicted octanol–water partition coefficient (Wildman–Crippen LogP) is 13.0. The van der Waals surface area contributed by atoms with Crippen molar-refractivity contribution in [2.45, 2.75) is 129 Å². The minimum absolute atomic E-state index is 0.754. The lowest BCUT2D eigenvalue weighted by molar-refractivity contribution is 0.555. The van der Waals surface area contributed by atoms with Gasteiger partial charge in [0.15, 0.2) is 5.76 Å². The Morgan fingerprint density at radius 2 is 1.00 bits per heavy atom. The van der Waals surface area contributed by atoms with Crippen LogP contribution in [-0.2, 0) is 12.8 Å². The van der Waals surface area contributed by atoms with Crippen molar-refractivity contribution in [3.05, 3.63) is 90.0 Å². The van der Waals surface area contributed by atoms with Gasteiger partial charge in [-0.3, -0.25) is 0 Å². The molecule has 0 spiro atoms. The molecule has 3 aromatic carbocycles. The first-order valence-electron chi connectivity index (χ1n) is 17.5. The van der Waals surface area contributed by atoms with Crippen LogP contribution >= 0.6 is 0 Å². The maximum Gasteiger partial charge on any atom is 0.227 e. The Balaban J connectivity index is 1.52. The number of nitrogens with zero attached hydrogens (tertiary/aromatic N) is 1. The van der Waals surface area contributed by atoms with Crippen LogP contribution < -0.4 is 0 Å². The van der Waals surface area contributed by atoms with Crippen LogP contribution in [0.4, 0.5) is 0 Å². The SMILES string of the molecule is CCCCCCCCCCCCc1c(CCCCCCCC)cccc1-c1nc(-c2ccccc2)c(-c2ccccc2)o1. The van der Waals surface area contributed by atoms with E-state index in [9.17, 15) is 0 Å². The highest BCUT2D eigenvalue weighted by Crippen LogP contribution is 2.38. The number of rotatable bonds is 21. The molecule has 0 amide bonds. The van der Waals surface area contributed by atoms with Crippen molar-refractivity contribution in [1.82, 2.24) is 4.98 Å². The molecule has 4 rings (SSSR count). The van der Waals surface area contributed by atoms with E-state index in [0.717, 1.165) is 41.3 Å². The summed E-state index contributed by atoms with van der Waals surface area (Å²) in [7, 11) is 0. The van der Waals surface area contributed by atoms with E-state index in [1.807, 2.05) is 0 Å². The van der Waals surface area contributed by atoms with Crippen molar-refractivity contribution < 1.29 is 4.42 Å². The molecule has 0 fully saturated rings. The molecule has 0 aliphatic heterocycles. The normalized spacial score (nSPS) is 11.3. The molecule has 0 aliphatic carbocycles. The Morgan fingerprint density at radius 1 is 0.488 bits per heavy atom. The maximum atomic E-state index is 6.70. The Bertz CT molecular complexity index is 1230. The van der Waals surface area contributed by atoms with Gasteiger partial charge < -0.3 is 4.42 Å². The summed E-state index contributed by atoms with van der Waals surface area (Å²) in [5.41, 5.74) is 7.21. The summed E-state index contributed by atoms with van der Waals surface area (Å²) in [4.78, 5) is 5.19. The van der Waals surface area contributed by atoms with Gasteiger partial charge in [-0.05, 0) is 42.9 Å². The first-order valence-corrected chi connectivity index (χ1v) is 17.5. The lowest BCUT2D eigenvalue weighted by Gasteiger charge is -2.14. The zero-order valence-corrected chi connectivity index (χ0v) is 27.1. The van der Waals surface area contributed by atoms with Gasteiger partial charge in [-0.2, -0.15) is 0 Å². The van der Waals surface area contributed by atoms with E-state index < -0.39 is 0 Å². The van der Waals surface area contributed by atoms with Crippen molar-refractivity contribution in [1.29, 1.82) is 0 Å². The number of aromatic nitrogens is 1. The highest BCUT2D eigenvalue weighted by atomic mass is 16.4. The molecule has 1 heterocycles. The molecule has 0 unspecified atom stereocenters. The largest absolute Gasteiger partial charge is 0.435 e. The zero-order chi connectivity index (χ0) is 30.0. The van der Waals surface area contributed by atoms with Gasteiger partial charge in [0, 0.05) is 16.7 Å². The van der Waals surface area contributed by atoms with E-state index in [1.165, 1.54) is 119 Å². The van der Waals surface area contributed by atoms with Crippen LogP contribution in [0.5, 0.6) is 0 Å². The number of unbranched alkanes of at least 4 members (excludes halogenated alkanes) is 14. The summed E-state index contributed by atoms with van der Waals surface area (Å²) in [6.07, 6.45) is 23.8. The molecule has 0 saturated heterocycles. The van der Waals surface area contributed by atoms with Crippen LogP contribution in [0.15, 0.2) is 83.3 Å². The van der Waals surface area contributed by atoms with Crippen LogP contribution in [0.25, 0.3) is 34.0 Å². The zero-order valence-electron chi connectivity index (χ0n) is 27.1. The van der Waals surface area contributed by atoms with E-state index in [0.29, 0.717) is 0 Å². The first kappa shape index (κ1) is 32.8. The second-order valence-corrected chi connectivity index (χ2v) is 12.3. The van der Waals surface area contributed by atoms with Gasteiger partial charge >= 0.3 is 0 Å². The smallest absolute Gasteiger partial charge is 0.227 e. The van der Waals surface area contributed by atoms with Gasteiger partial charge in [0.2, 0.25) is 5.89 Å². The third-order valence-electron chi connectivity index (χ3n) is 8.79. The summed E-state index contributed by atoms with van der Waals surface area (Å²) >= 11 is 0. The third-order valence-corrected chi connectivity index (χ3v) is 8.79. The topological polar surface area (TPSA) is 26.0 Å². The van der Waals surface area contributed by atoms with Gasteiger partial charge in [-0.1, -0.05) is 177 Å². The molecule has 0 saturated carbocycles. The molecule has 1 aromatic heterocycles. The Labute approximate surface area is 262 Å². The monoisotopic (exact) mass is 577 g/mol. The fourth-order valence-electron chi connectivity index (χ4n) is 6.26. The Kier molecular flexibility index (Phi) is 14.6. The van der Waals surface area contributed by atoms with Gasteiger partial charge in [0.1, 0.15) is 5.69 Å². The van der Waals surface area contributed by atoms with E-state index in [-0.39, 0.29) is 0 Å². The standard InChI is InChI=1S/C41H55NO/c1-3-5-7-9-11-12-13-14-16-24-32-37-34(26-19-15-10-8-6-4-2)31-25-33-38(37)41-42-39(35-27-20-17-21-28-35)40(43-41)36-29-22-18-23-30-36/h17-18,20-23,25,27-31,33H,3-16,19,24,26,32H2,1-2H3. The number of hydrogen-bond donors (Lipinski definition) is 0. The van der Waals surface area contributed by atoms with Crippen LogP contribution in [0, 0.1) is 0 Å². The molecule has 0 bridgehead atoms. The summed E-state index contributed by atoms with van der Waals surface area (Å²) in [5.74, 6) is 1.61. The average molecular weight is 578 g/mol. The number of oxazole rings is 1.